The fourth-order valence-corrected chi connectivity index (χ4v) is 4.49. The molecule has 0 radical (unpaired) electrons. The van der Waals surface area contributed by atoms with Crippen molar-refractivity contribution < 1.29 is 19.1 Å². The maximum Gasteiger partial charge on any atom is 0.315 e. The van der Waals surface area contributed by atoms with E-state index in [2.05, 4.69) is 0 Å². The van der Waals surface area contributed by atoms with Gasteiger partial charge in [-0.25, -0.2) is 0 Å². The minimum atomic E-state index is -0.359. The van der Waals surface area contributed by atoms with Crippen LogP contribution < -0.4 is 9.47 Å². The molecule has 0 fully saturated rings. The molecule has 4 nitrogen and oxygen atoms in total. The van der Waals surface area contributed by atoms with Crippen LogP contribution in [0.3, 0.4) is 0 Å². The largest absolute Gasteiger partial charge is 0.426 e. The van der Waals surface area contributed by atoms with E-state index in [0.717, 1.165) is 38.2 Å². The van der Waals surface area contributed by atoms with Crippen LogP contribution in [-0.2, 0) is 16.0 Å². The summed E-state index contributed by atoms with van der Waals surface area (Å²) in [6.45, 7) is 1.94. The number of carbonyl (C=O) groups is 2. The lowest BCUT2D eigenvalue weighted by Crippen LogP contribution is -2.12. The predicted molar refractivity (Wildman–Crippen MR) is 143 cm³/mol. The highest BCUT2D eigenvalue weighted by Crippen LogP contribution is 2.45. The number of rotatable bonds is 7. The van der Waals surface area contributed by atoms with E-state index < -0.39 is 0 Å². The molecule has 178 valence electrons. The monoisotopic (exact) mass is 474 g/mol. The minimum Gasteiger partial charge on any atom is -0.426 e. The lowest BCUT2D eigenvalue weighted by Gasteiger charge is -2.18. The van der Waals surface area contributed by atoms with Gasteiger partial charge in [0.25, 0.3) is 0 Å². The number of hydrogen-bond acceptors (Lipinski definition) is 4. The van der Waals surface area contributed by atoms with Crippen molar-refractivity contribution in [2.24, 2.45) is 0 Å². The van der Waals surface area contributed by atoms with Crippen molar-refractivity contribution in [3.05, 3.63) is 109 Å². The lowest BCUT2D eigenvalue weighted by atomic mass is 9.92. The highest BCUT2D eigenvalue weighted by molar-refractivity contribution is 6.10. The number of hydrogen-bond donors (Lipinski definition) is 0. The highest BCUT2D eigenvalue weighted by Gasteiger charge is 2.22. The second kappa shape index (κ2) is 10.4. The molecule has 0 aliphatic carbocycles. The first-order chi connectivity index (χ1) is 17.6. The van der Waals surface area contributed by atoms with Crippen molar-refractivity contribution in [1.29, 1.82) is 0 Å². The zero-order valence-electron chi connectivity index (χ0n) is 20.1. The normalized spacial score (nSPS) is 10.9. The lowest BCUT2D eigenvalue weighted by molar-refractivity contribution is -0.135. The molecule has 0 bridgehead atoms. The second-order valence-electron chi connectivity index (χ2n) is 8.68. The van der Waals surface area contributed by atoms with Gasteiger partial charge in [-0.2, -0.15) is 0 Å². The Kier molecular flexibility index (Phi) is 6.76. The van der Waals surface area contributed by atoms with E-state index >= 15 is 0 Å². The molecule has 0 amide bonds. The Morgan fingerprint density at radius 3 is 1.64 bits per heavy atom. The van der Waals surface area contributed by atoms with Gasteiger partial charge in [0.1, 0.15) is 11.5 Å². The first-order valence-electron chi connectivity index (χ1n) is 12.1. The fraction of sp³-hybridized carbons (Fsp3) is 0.125. The molecule has 0 saturated carbocycles. The number of esters is 2. The van der Waals surface area contributed by atoms with Gasteiger partial charge < -0.3 is 9.47 Å². The van der Waals surface area contributed by atoms with Crippen LogP contribution >= 0.6 is 0 Å². The first-order valence-corrected chi connectivity index (χ1v) is 12.1. The zero-order chi connectivity index (χ0) is 24.9. The summed E-state index contributed by atoms with van der Waals surface area (Å²) < 4.78 is 11.9. The summed E-state index contributed by atoms with van der Waals surface area (Å²) in [6.07, 6.45) is 1.17. The van der Waals surface area contributed by atoms with Crippen molar-refractivity contribution in [2.75, 3.05) is 0 Å². The molecule has 0 spiro atoms. The molecule has 5 aromatic carbocycles. The van der Waals surface area contributed by atoms with E-state index in [1.54, 1.807) is 0 Å². The molecule has 0 unspecified atom stereocenters. The molecule has 0 saturated heterocycles. The van der Waals surface area contributed by atoms with Crippen molar-refractivity contribution in [2.45, 2.75) is 26.2 Å². The molecule has 36 heavy (non-hydrogen) atoms. The van der Waals surface area contributed by atoms with E-state index in [4.69, 9.17) is 9.47 Å². The summed E-state index contributed by atoms with van der Waals surface area (Å²) in [6, 6.07) is 32.9. The summed E-state index contributed by atoms with van der Waals surface area (Å²) >= 11 is 0. The molecule has 5 aromatic rings. The van der Waals surface area contributed by atoms with Crippen LogP contribution in [0.4, 0.5) is 0 Å². The minimum absolute atomic E-state index is 0.154. The molecule has 0 N–H and O–H groups in total. The molecule has 5 rings (SSSR count). The Balaban J connectivity index is 1.70. The van der Waals surface area contributed by atoms with E-state index in [1.165, 1.54) is 0 Å². The maximum absolute atomic E-state index is 13.0. The number of ether oxygens (including phenoxy) is 2. The van der Waals surface area contributed by atoms with Gasteiger partial charge in [0, 0.05) is 17.5 Å². The maximum atomic E-state index is 13.0. The van der Waals surface area contributed by atoms with Gasteiger partial charge in [0.2, 0.25) is 0 Å². The standard InChI is InChI=1S/C32H26O4/c1-2-10-29(33)35-27-19-17-23-13-6-8-15-25(23)31(27)32-26-16-9-7-14-24(26)18-20-28(32)36-30(34)21-22-11-4-3-5-12-22/h3-9,11-20H,2,10,21H2,1H3. The molecular weight excluding hydrogens is 448 g/mol. The Hall–Kier alpha value is -4.44. The third kappa shape index (κ3) is 4.84. The number of benzene rings is 5. The van der Waals surface area contributed by atoms with Crippen molar-refractivity contribution >= 4 is 33.5 Å². The number of carbonyl (C=O) groups excluding carboxylic acids is 2. The van der Waals surface area contributed by atoms with Gasteiger partial charge >= 0.3 is 11.9 Å². The Labute approximate surface area is 210 Å². The average molecular weight is 475 g/mol. The molecule has 0 aliphatic rings. The van der Waals surface area contributed by atoms with Crippen LogP contribution in [-0.4, -0.2) is 11.9 Å². The molecule has 4 heteroatoms. The Bertz CT molecular complexity index is 1550. The van der Waals surface area contributed by atoms with Crippen LogP contribution in [0.5, 0.6) is 11.5 Å². The third-order valence-corrected chi connectivity index (χ3v) is 6.12. The summed E-state index contributed by atoms with van der Waals surface area (Å²) in [4.78, 5) is 25.6. The zero-order valence-corrected chi connectivity index (χ0v) is 20.1. The molecule has 0 heterocycles. The van der Waals surface area contributed by atoms with E-state index in [1.807, 2.05) is 110 Å². The van der Waals surface area contributed by atoms with E-state index in [0.29, 0.717) is 24.3 Å². The average Bonchev–Trinajstić information content (AvgIpc) is 2.89. The molecule has 0 aliphatic heterocycles. The quantitative estimate of drug-likeness (QED) is 0.181. The first kappa shape index (κ1) is 23.3. The van der Waals surface area contributed by atoms with Crippen molar-refractivity contribution in [1.82, 2.24) is 0 Å². The molecule has 0 atom stereocenters. The number of fused-ring (bicyclic) bond motifs is 2. The summed E-state index contributed by atoms with van der Waals surface area (Å²) in [5.41, 5.74) is 2.34. The van der Waals surface area contributed by atoms with Gasteiger partial charge in [0.05, 0.1) is 6.42 Å². The van der Waals surface area contributed by atoms with Gasteiger partial charge in [0.15, 0.2) is 0 Å². The molecular formula is C32H26O4. The highest BCUT2D eigenvalue weighted by atomic mass is 16.5. The Morgan fingerprint density at radius 1 is 0.583 bits per heavy atom. The van der Waals surface area contributed by atoms with Crippen molar-refractivity contribution in [3.63, 3.8) is 0 Å². The van der Waals surface area contributed by atoms with Gasteiger partial charge in [-0.3, -0.25) is 9.59 Å². The smallest absolute Gasteiger partial charge is 0.315 e. The van der Waals surface area contributed by atoms with Crippen molar-refractivity contribution in [3.8, 4) is 22.6 Å². The topological polar surface area (TPSA) is 52.6 Å². The van der Waals surface area contributed by atoms with Crippen LogP contribution in [0.15, 0.2) is 103 Å². The SMILES string of the molecule is CCCC(=O)Oc1ccc2ccccc2c1-c1c(OC(=O)Cc2ccccc2)ccc2ccccc12. The fourth-order valence-electron chi connectivity index (χ4n) is 4.49. The summed E-state index contributed by atoms with van der Waals surface area (Å²) in [5.74, 6) is 0.224. The van der Waals surface area contributed by atoms with Crippen LogP contribution in [0, 0.1) is 0 Å². The summed E-state index contributed by atoms with van der Waals surface area (Å²) in [7, 11) is 0. The summed E-state index contributed by atoms with van der Waals surface area (Å²) in [5, 5.41) is 3.81. The van der Waals surface area contributed by atoms with E-state index in [9.17, 15) is 9.59 Å². The second-order valence-corrected chi connectivity index (χ2v) is 8.68. The predicted octanol–water partition coefficient (Wildman–Crippen LogP) is 7.51. The van der Waals surface area contributed by atoms with Crippen LogP contribution in [0.1, 0.15) is 25.3 Å². The van der Waals surface area contributed by atoms with Crippen LogP contribution in [0.25, 0.3) is 32.7 Å². The van der Waals surface area contributed by atoms with Gasteiger partial charge in [-0.15, -0.1) is 0 Å². The van der Waals surface area contributed by atoms with Crippen LogP contribution in [0.2, 0.25) is 0 Å². The molecule has 0 aromatic heterocycles. The third-order valence-electron chi connectivity index (χ3n) is 6.12. The van der Waals surface area contributed by atoms with E-state index in [-0.39, 0.29) is 18.4 Å². The van der Waals surface area contributed by atoms with Gasteiger partial charge in [-0.1, -0.05) is 97.9 Å². The van der Waals surface area contributed by atoms with Gasteiger partial charge in [-0.05, 0) is 45.7 Å². The Morgan fingerprint density at radius 2 is 1.08 bits per heavy atom.